The van der Waals surface area contributed by atoms with Crippen molar-refractivity contribution in [1.29, 1.82) is 0 Å². The summed E-state index contributed by atoms with van der Waals surface area (Å²) in [6, 6.07) is 14.5. The number of nitrogens with one attached hydrogen (secondary N) is 1. The summed E-state index contributed by atoms with van der Waals surface area (Å²) >= 11 is 0. The quantitative estimate of drug-likeness (QED) is 0.725. The Labute approximate surface area is 177 Å². The van der Waals surface area contributed by atoms with Crippen LogP contribution < -0.4 is 9.46 Å². The van der Waals surface area contributed by atoms with E-state index < -0.39 is 10.0 Å². The highest BCUT2D eigenvalue weighted by Crippen LogP contribution is 2.36. The molecule has 160 valence electrons. The van der Waals surface area contributed by atoms with Crippen LogP contribution in [0.1, 0.15) is 44.4 Å². The molecule has 0 bridgehead atoms. The minimum absolute atomic E-state index is 0.0857. The van der Waals surface area contributed by atoms with Gasteiger partial charge in [-0.2, -0.15) is 5.10 Å². The number of nitrogens with zero attached hydrogens (tertiary/aromatic N) is 2. The van der Waals surface area contributed by atoms with Crippen molar-refractivity contribution in [2.24, 2.45) is 11.0 Å². The minimum Gasteiger partial charge on any atom is -0.494 e. The Hall–Kier alpha value is -2.87. The number of sulfonamides is 1. The fraction of sp³-hybridized carbons (Fsp3) is 0.364. The molecule has 0 saturated carbocycles. The zero-order chi connectivity index (χ0) is 21.9. The Balaban J connectivity index is 1.98. The summed E-state index contributed by atoms with van der Waals surface area (Å²) in [5, 5.41) is 6.14. The van der Waals surface area contributed by atoms with E-state index in [4.69, 9.17) is 4.74 Å². The highest BCUT2D eigenvalue weighted by atomic mass is 32.2. The van der Waals surface area contributed by atoms with Crippen LogP contribution in [0, 0.1) is 5.92 Å². The second-order valence-electron chi connectivity index (χ2n) is 7.53. The first kappa shape index (κ1) is 21.8. The summed E-state index contributed by atoms with van der Waals surface area (Å²) in [4.78, 5) is 12.9. The molecule has 7 nitrogen and oxygen atoms in total. The highest BCUT2D eigenvalue weighted by molar-refractivity contribution is 7.92. The molecule has 0 spiro atoms. The molecular formula is C22H27N3O4S. The first-order valence-corrected chi connectivity index (χ1v) is 11.8. The number of hydrogen-bond donors (Lipinski definition) is 1. The fourth-order valence-corrected chi connectivity index (χ4v) is 3.95. The molecule has 3 rings (SSSR count). The maximum Gasteiger partial charge on any atom is 0.245 e. The third kappa shape index (κ3) is 4.99. The van der Waals surface area contributed by atoms with Crippen molar-refractivity contribution in [3.05, 3.63) is 59.7 Å². The third-order valence-electron chi connectivity index (χ3n) is 4.74. The van der Waals surface area contributed by atoms with Gasteiger partial charge in [-0.05, 0) is 30.7 Å². The lowest BCUT2D eigenvalue weighted by Crippen LogP contribution is -2.30. The summed E-state index contributed by atoms with van der Waals surface area (Å²) in [6.45, 7) is 6.18. The standard InChI is InChI=1S/C22H27N3O4S/c1-5-29-17-12-10-16(11-13-17)21-14-20(23-25(21)22(26)15(2)3)18-8-6-7-9-19(18)24-30(4,27)28/h6-13,15,21,24H,5,14H2,1-4H3. The Kier molecular flexibility index (Phi) is 6.45. The largest absolute Gasteiger partial charge is 0.494 e. The Morgan fingerprint density at radius 2 is 1.87 bits per heavy atom. The van der Waals surface area contributed by atoms with Gasteiger partial charge in [-0.15, -0.1) is 0 Å². The van der Waals surface area contributed by atoms with Crippen molar-refractivity contribution in [1.82, 2.24) is 5.01 Å². The van der Waals surface area contributed by atoms with Gasteiger partial charge in [-0.3, -0.25) is 9.52 Å². The molecule has 0 radical (unpaired) electrons. The van der Waals surface area contributed by atoms with Gasteiger partial charge in [0.25, 0.3) is 0 Å². The number of amides is 1. The van der Waals surface area contributed by atoms with Crippen LogP contribution in [-0.4, -0.2) is 37.9 Å². The maximum atomic E-state index is 12.9. The number of hydrogen-bond acceptors (Lipinski definition) is 5. The van der Waals surface area contributed by atoms with Crippen LogP contribution in [0.4, 0.5) is 5.69 Å². The molecule has 1 aliphatic heterocycles. The van der Waals surface area contributed by atoms with Crippen LogP contribution in [0.25, 0.3) is 0 Å². The summed E-state index contributed by atoms with van der Waals surface area (Å²) < 4.78 is 31.6. The molecule has 0 saturated heterocycles. The number of benzene rings is 2. The molecule has 1 heterocycles. The van der Waals surface area contributed by atoms with E-state index in [1.54, 1.807) is 12.1 Å². The number of hydrazone groups is 1. The van der Waals surface area contributed by atoms with E-state index in [1.807, 2.05) is 57.2 Å². The number of ether oxygens (including phenoxy) is 1. The predicted octanol–water partition coefficient (Wildman–Crippen LogP) is 3.79. The molecule has 30 heavy (non-hydrogen) atoms. The topological polar surface area (TPSA) is 88.1 Å². The first-order valence-electron chi connectivity index (χ1n) is 9.90. The molecular weight excluding hydrogens is 402 g/mol. The van der Waals surface area contributed by atoms with Crippen molar-refractivity contribution in [2.45, 2.75) is 33.2 Å². The molecule has 1 N–H and O–H groups in total. The first-order chi connectivity index (χ1) is 14.2. The summed E-state index contributed by atoms with van der Waals surface area (Å²) in [6.07, 6.45) is 1.59. The average Bonchev–Trinajstić information content (AvgIpc) is 3.12. The molecule has 1 atom stereocenters. The van der Waals surface area contributed by atoms with Crippen LogP contribution in [0.3, 0.4) is 0 Å². The van der Waals surface area contributed by atoms with Crippen LogP contribution in [0.5, 0.6) is 5.75 Å². The summed E-state index contributed by atoms with van der Waals surface area (Å²) in [7, 11) is -3.45. The van der Waals surface area contributed by atoms with Crippen molar-refractivity contribution in [3.63, 3.8) is 0 Å². The van der Waals surface area contributed by atoms with Gasteiger partial charge in [0.2, 0.25) is 15.9 Å². The highest BCUT2D eigenvalue weighted by Gasteiger charge is 2.34. The van der Waals surface area contributed by atoms with E-state index in [1.165, 1.54) is 5.01 Å². The van der Waals surface area contributed by atoms with Gasteiger partial charge in [0.1, 0.15) is 5.75 Å². The lowest BCUT2D eigenvalue weighted by atomic mass is 9.97. The van der Waals surface area contributed by atoms with Gasteiger partial charge in [0.05, 0.1) is 30.3 Å². The van der Waals surface area contributed by atoms with Crippen LogP contribution in [-0.2, 0) is 14.8 Å². The lowest BCUT2D eigenvalue weighted by Gasteiger charge is -2.23. The molecule has 0 aromatic heterocycles. The van der Waals surface area contributed by atoms with Crippen molar-refractivity contribution < 1.29 is 17.9 Å². The normalized spacial score (nSPS) is 16.5. The van der Waals surface area contributed by atoms with Gasteiger partial charge >= 0.3 is 0 Å². The number of rotatable bonds is 7. The minimum atomic E-state index is -3.45. The van der Waals surface area contributed by atoms with E-state index in [0.717, 1.165) is 17.6 Å². The molecule has 1 aliphatic rings. The Bertz CT molecular complexity index is 1050. The van der Waals surface area contributed by atoms with Crippen LogP contribution >= 0.6 is 0 Å². The smallest absolute Gasteiger partial charge is 0.245 e. The van der Waals surface area contributed by atoms with E-state index in [-0.39, 0.29) is 17.9 Å². The molecule has 8 heteroatoms. The van der Waals surface area contributed by atoms with Gasteiger partial charge in [-0.25, -0.2) is 13.4 Å². The number of carbonyl (C=O) groups is 1. The molecule has 1 amide bonds. The summed E-state index contributed by atoms with van der Waals surface area (Å²) in [5.74, 6) is 0.463. The SMILES string of the molecule is CCOc1ccc(C2CC(c3ccccc3NS(C)(=O)=O)=NN2C(=O)C(C)C)cc1. The van der Waals surface area contributed by atoms with Crippen molar-refractivity contribution >= 4 is 27.3 Å². The zero-order valence-corrected chi connectivity index (χ0v) is 18.4. The van der Waals surface area contributed by atoms with Gasteiger partial charge in [0.15, 0.2) is 0 Å². The molecule has 2 aromatic rings. The predicted molar refractivity (Wildman–Crippen MR) is 118 cm³/mol. The average molecular weight is 430 g/mol. The number of anilines is 1. The second kappa shape index (κ2) is 8.87. The second-order valence-corrected chi connectivity index (χ2v) is 9.27. The molecule has 2 aromatic carbocycles. The fourth-order valence-electron chi connectivity index (χ4n) is 3.38. The lowest BCUT2D eigenvalue weighted by molar-refractivity contribution is -0.136. The van der Waals surface area contributed by atoms with E-state index >= 15 is 0 Å². The molecule has 0 aliphatic carbocycles. The van der Waals surface area contributed by atoms with E-state index in [9.17, 15) is 13.2 Å². The third-order valence-corrected chi connectivity index (χ3v) is 5.33. The Morgan fingerprint density at radius 3 is 2.47 bits per heavy atom. The molecule has 0 fully saturated rings. The van der Waals surface area contributed by atoms with Crippen LogP contribution in [0.15, 0.2) is 53.6 Å². The maximum absolute atomic E-state index is 12.9. The van der Waals surface area contributed by atoms with Crippen LogP contribution in [0.2, 0.25) is 0 Å². The van der Waals surface area contributed by atoms with Gasteiger partial charge in [-0.1, -0.05) is 44.2 Å². The molecule has 1 unspecified atom stereocenters. The zero-order valence-electron chi connectivity index (χ0n) is 17.6. The van der Waals surface area contributed by atoms with E-state index in [2.05, 4.69) is 9.82 Å². The number of carbonyl (C=O) groups excluding carboxylic acids is 1. The monoisotopic (exact) mass is 429 g/mol. The van der Waals surface area contributed by atoms with Gasteiger partial charge < -0.3 is 4.74 Å². The summed E-state index contributed by atoms with van der Waals surface area (Å²) in [5.41, 5.74) is 2.72. The number of para-hydroxylation sites is 1. The Morgan fingerprint density at radius 1 is 1.20 bits per heavy atom. The van der Waals surface area contributed by atoms with Crippen molar-refractivity contribution in [2.75, 3.05) is 17.6 Å². The van der Waals surface area contributed by atoms with E-state index in [0.29, 0.717) is 30.0 Å². The van der Waals surface area contributed by atoms with Gasteiger partial charge in [0, 0.05) is 17.9 Å². The van der Waals surface area contributed by atoms with Crippen molar-refractivity contribution in [3.8, 4) is 5.75 Å².